The lowest BCUT2D eigenvalue weighted by Gasteiger charge is -2.37. The molecule has 0 unspecified atom stereocenters. The monoisotopic (exact) mass is 379 g/mol. The molecule has 7 heteroatoms. The van der Waals surface area contributed by atoms with E-state index in [0.717, 1.165) is 31.7 Å². The van der Waals surface area contributed by atoms with Crippen LogP contribution in [0.4, 0.5) is 0 Å². The molecule has 1 aliphatic heterocycles. The largest absolute Gasteiger partial charge is 0.304 e. The van der Waals surface area contributed by atoms with Gasteiger partial charge in [0.05, 0.1) is 5.75 Å². The van der Waals surface area contributed by atoms with Crippen molar-refractivity contribution in [2.75, 3.05) is 39.8 Å². The lowest BCUT2D eigenvalue weighted by Crippen LogP contribution is -2.48. The number of piperazine rings is 1. The predicted molar refractivity (Wildman–Crippen MR) is 103 cm³/mol. The van der Waals surface area contributed by atoms with E-state index >= 15 is 0 Å². The Balaban J connectivity index is 1.66. The van der Waals surface area contributed by atoms with Crippen molar-refractivity contribution in [1.29, 1.82) is 0 Å². The Morgan fingerprint density at radius 1 is 1.12 bits per heavy atom. The maximum absolute atomic E-state index is 12.5. The van der Waals surface area contributed by atoms with Crippen LogP contribution in [0.25, 0.3) is 0 Å². The number of nitrogens with zero attached hydrogens (tertiary/aromatic N) is 2. The summed E-state index contributed by atoms with van der Waals surface area (Å²) in [6, 6.07) is 11.5. The van der Waals surface area contributed by atoms with Gasteiger partial charge >= 0.3 is 0 Å². The number of hydrogen-bond donors (Lipinski definition) is 1. The standard InChI is InChI=1S/C18H25N3O2S2/c1-20-8-10-21(11-9-20)18(17-7-12-24-14-17)13-19-25(22,23)15-16-5-3-2-4-6-16/h2-7,12,14,18-19H,8-11,13,15H2,1H3/t18-/m0/s1. The number of thiophene rings is 1. The maximum atomic E-state index is 12.5. The first-order valence-electron chi connectivity index (χ1n) is 8.49. The number of nitrogens with one attached hydrogen (secondary N) is 1. The minimum Gasteiger partial charge on any atom is -0.304 e. The van der Waals surface area contributed by atoms with Gasteiger partial charge in [0.25, 0.3) is 0 Å². The highest BCUT2D eigenvalue weighted by Gasteiger charge is 2.25. The first kappa shape index (κ1) is 18.5. The summed E-state index contributed by atoms with van der Waals surface area (Å²) in [7, 11) is -1.23. The molecule has 0 spiro atoms. The highest BCUT2D eigenvalue weighted by Crippen LogP contribution is 2.24. The molecule has 1 aromatic carbocycles. The number of sulfonamides is 1. The van der Waals surface area contributed by atoms with Crippen molar-refractivity contribution in [2.45, 2.75) is 11.8 Å². The van der Waals surface area contributed by atoms with Crippen molar-refractivity contribution in [3.8, 4) is 0 Å². The summed E-state index contributed by atoms with van der Waals surface area (Å²) in [5.41, 5.74) is 2.00. The second kappa shape index (κ2) is 8.42. The first-order valence-corrected chi connectivity index (χ1v) is 11.1. The van der Waals surface area contributed by atoms with Crippen LogP contribution in [0.15, 0.2) is 47.2 Å². The zero-order valence-electron chi connectivity index (χ0n) is 14.5. The third-order valence-electron chi connectivity index (χ3n) is 4.60. The van der Waals surface area contributed by atoms with Crippen LogP contribution in [0.2, 0.25) is 0 Å². The summed E-state index contributed by atoms with van der Waals surface area (Å²) >= 11 is 1.65. The Kier molecular flexibility index (Phi) is 6.24. The molecule has 0 saturated carbocycles. The lowest BCUT2D eigenvalue weighted by molar-refractivity contribution is 0.113. The Hall–Kier alpha value is -1.25. The van der Waals surface area contributed by atoms with Crippen molar-refractivity contribution in [3.63, 3.8) is 0 Å². The van der Waals surface area contributed by atoms with Crippen LogP contribution in [-0.4, -0.2) is 58.0 Å². The molecule has 1 fully saturated rings. The molecule has 136 valence electrons. The van der Waals surface area contributed by atoms with Crippen LogP contribution in [0.1, 0.15) is 17.2 Å². The van der Waals surface area contributed by atoms with E-state index in [9.17, 15) is 8.42 Å². The Morgan fingerprint density at radius 3 is 2.48 bits per heavy atom. The second-order valence-corrected chi connectivity index (χ2v) is 9.09. The van der Waals surface area contributed by atoms with E-state index in [1.165, 1.54) is 5.56 Å². The van der Waals surface area contributed by atoms with E-state index in [2.05, 4.69) is 38.4 Å². The molecular formula is C18H25N3O2S2. The smallest absolute Gasteiger partial charge is 0.215 e. The number of benzene rings is 1. The van der Waals surface area contributed by atoms with Crippen molar-refractivity contribution in [2.24, 2.45) is 0 Å². The Morgan fingerprint density at radius 2 is 1.84 bits per heavy atom. The number of rotatable bonds is 7. The highest BCUT2D eigenvalue weighted by atomic mass is 32.2. The fourth-order valence-corrected chi connectivity index (χ4v) is 4.96. The molecule has 1 saturated heterocycles. The second-order valence-electron chi connectivity index (χ2n) is 6.50. The normalized spacial score (nSPS) is 18.3. The van der Waals surface area contributed by atoms with Gasteiger partial charge in [-0.15, -0.1) is 0 Å². The van der Waals surface area contributed by atoms with Gasteiger partial charge in [0.1, 0.15) is 0 Å². The maximum Gasteiger partial charge on any atom is 0.215 e. The van der Waals surface area contributed by atoms with Crippen LogP contribution in [-0.2, 0) is 15.8 Å². The van der Waals surface area contributed by atoms with Gasteiger partial charge in [0, 0.05) is 38.8 Å². The van der Waals surface area contributed by atoms with Crippen LogP contribution in [0, 0.1) is 0 Å². The van der Waals surface area contributed by atoms with Gasteiger partial charge in [-0.3, -0.25) is 4.90 Å². The van der Waals surface area contributed by atoms with Gasteiger partial charge < -0.3 is 4.90 Å². The highest BCUT2D eigenvalue weighted by molar-refractivity contribution is 7.88. The Labute approximate surface area is 154 Å². The van der Waals surface area contributed by atoms with Crippen LogP contribution >= 0.6 is 11.3 Å². The molecular weight excluding hydrogens is 354 g/mol. The van der Waals surface area contributed by atoms with Crippen molar-refractivity contribution in [1.82, 2.24) is 14.5 Å². The third-order valence-corrected chi connectivity index (χ3v) is 6.62. The van der Waals surface area contributed by atoms with Gasteiger partial charge in [-0.1, -0.05) is 30.3 Å². The van der Waals surface area contributed by atoms with Gasteiger partial charge in [-0.05, 0) is 35.0 Å². The summed E-state index contributed by atoms with van der Waals surface area (Å²) in [6.07, 6.45) is 0. The number of hydrogen-bond acceptors (Lipinski definition) is 5. The molecule has 1 aliphatic rings. The number of likely N-dealkylation sites (N-methyl/N-ethyl adjacent to an activating group) is 1. The molecule has 2 heterocycles. The molecule has 2 aromatic rings. The molecule has 25 heavy (non-hydrogen) atoms. The molecule has 0 amide bonds. The van der Waals surface area contributed by atoms with E-state index in [0.29, 0.717) is 6.54 Å². The third kappa shape index (κ3) is 5.36. The average molecular weight is 380 g/mol. The minimum absolute atomic E-state index is 0.0208. The summed E-state index contributed by atoms with van der Waals surface area (Å²) in [4.78, 5) is 4.69. The first-order chi connectivity index (χ1) is 12.0. The fraction of sp³-hybridized carbons (Fsp3) is 0.444. The van der Waals surface area contributed by atoms with Crippen molar-refractivity contribution < 1.29 is 8.42 Å². The summed E-state index contributed by atoms with van der Waals surface area (Å²) in [6.45, 7) is 4.35. The quantitative estimate of drug-likeness (QED) is 0.801. The minimum atomic E-state index is -3.35. The Bertz CT molecular complexity index is 740. The van der Waals surface area contributed by atoms with Gasteiger partial charge in [-0.25, -0.2) is 13.1 Å². The van der Waals surface area contributed by atoms with E-state index in [1.807, 2.05) is 30.3 Å². The summed E-state index contributed by atoms with van der Waals surface area (Å²) < 4.78 is 27.8. The molecule has 1 N–H and O–H groups in total. The van der Waals surface area contributed by atoms with Gasteiger partial charge in [-0.2, -0.15) is 11.3 Å². The van der Waals surface area contributed by atoms with E-state index in [4.69, 9.17) is 0 Å². The van der Waals surface area contributed by atoms with Crippen molar-refractivity contribution in [3.05, 3.63) is 58.3 Å². The lowest BCUT2D eigenvalue weighted by atomic mass is 10.1. The molecule has 1 aromatic heterocycles. The van der Waals surface area contributed by atoms with Crippen LogP contribution in [0.3, 0.4) is 0 Å². The average Bonchev–Trinajstić information content (AvgIpc) is 3.11. The molecule has 0 aliphatic carbocycles. The summed E-state index contributed by atoms with van der Waals surface area (Å²) in [5, 5.41) is 4.17. The topological polar surface area (TPSA) is 52.6 Å². The molecule has 0 radical (unpaired) electrons. The van der Waals surface area contributed by atoms with E-state index < -0.39 is 10.0 Å². The molecule has 1 atom stereocenters. The molecule has 0 bridgehead atoms. The van der Waals surface area contributed by atoms with Crippen LogP contribution in [0.5, 0.6) is 0 Å². The molecule has 3 rings (SSSR count). The fourth-order valence-electron chi connectivity index (χ4n) is 3.11. The van der Waals surface area contributed by atoms with Gasteiger partial charge in [0.2, 0.25) is 10.0 Å². The zero-order valence-corrected chi connectivity index (χ0v) is 16.1. The van der Waals surface area contributed by atoms with Crippen molar-refractivity contribution >= 4 is 21.4 Å². The van der Waals surface area contributed by atoms with Gasteiger partial charge in [0.15, 0.2) is 0 Å². The van der Waals surface area contributed by atoms with E-state index in [1.54, 1.807) is 11.3 Å². The summed E-state index contributed by atoms with van der Waals surface area (Å²) in [5.74, 6) is 0.0208. The SMILES string of the molecule is CN1CCN([C@@H](CNS(=O)(=O)Cc2ccccc2)c2ccsc2)CC1. The molecule has 5 nitrogen and oxygen atoms in total. The van der Waals surface area contributed by atoms with Crippen LogP contribution < -0.4 is 4.72 Å². The van der Waals surface area contributed by atoms with E-state index in [-0.39, 0.29) is 11.8 Å². The predicted octanol–water partition coefficient (Wildman–Crippen LogP) is 2.16. The zero-order chi connectivity index (χ0) is 17.7.